The summed E-state index contributed by atoms with van der Waals surface area (Å²) in [5.74, 6) is 0. The third kappa shape index (κ3) is 10.3. The molecule has 0 bridgehead atoms. The normalized spacial score (nSPS) is 8.00. The van der Waals surface area contributed by atoms with Crippen molar-refractivity contribution in [2.75, 3.05) is 0 Å². The third-order valence-electron chi connectivity index (χ3n) is 0.412. The Morgan fingerprint density at radius 2 is 2.12 bits per heavy atom. The molecular weight excluding hydrogens is 149 g/mol. The second-order valence-corrected chi connectivity index (χ2v) is 2.76. The predicted molar refractivity (Wildman–Crippen MR) is 41.0 cm³/mol. The van der Waals surface area contributed by atoms with Crippen molar-refractivity contribution < 1.29 is 31.0 Å². The van der Waals surface area contributed by atoms with E-state index in [9.17, 15) is 0 Å². The fourth-order valence-corrected chi connectivity index (χ4v) is 0.741. The zero-order chi connectivity index (χ0) is 5.86. The average molecular weight is 159 g/mol. The number of rotatable bonds is 1. The van der Waals surface area contributed by atoms with Gasteiger partial charge in [-0.1, -0.05) is 12.2 Å². The van der Waals surface area contributed by atoms with Crippen molar-refractivity contribution in [1.82, 2.24) is 5.32 Å². The topological polar surface area (TPSA) is 12.0 Å². The van der Waals surface area contributed by atoms with Gasteiger partial charge in [0.2, 0.25) is 0 Å². The first-order valence-corrected chi connectivity index (χ1v) is 2.98. The van der Waals surface area contributed by atoms with Gasteiger partial charge in [-0.25, -0.2) is 0 Å². The maximum absolute atomic E-state index is 4.62. The summed E-state index contributed by atoms with van der Waals surface area (Å²) in [5, 5.41) is 2.90. The van der Waals surface area contributed by atoms with Crippen LogP contribution in [0, 0.1) is 0 Å². The average Bonchev–Trinajstić information content (AvgIpc) is 1.27. The smallest absolute Gasteiger partial charge is 1.00 e. The van der Waals surface area contributed by atoms with Gasteiger partial charge in [-0.15, -0.1) is 12.6 Å². The van der Waals surface area contributed by atoms with Crippen LogP contribution in [0.2, 0.25) is 0 Å². The first-order chi connectivity index (χ1) is 3.13. The molecule has 0 aliphatic carbocycles. The summed E-state index contributed by atoms with van der Waals surface area (Å²) in [6.45, 7) is 4.03. The third-order valence-corrected chi connectivity index (χ3v) is 0.659. The quantitative estimate of drug-likeness (QED) is 0.269. The van der Waals surface area contributed by atoms with E-state index in [1.54, 1.807) is 0 Å². The second kappa shape index (κ2) is 6.36. The summed E-state index contributed by atoms with van der Waals surface area (Å²) >= 11 is 8.48. The van der Waals surface area contributed by atoms with Gasteiger partial charge in [-0.2, -0.15) is 0 Å². The second-order valence-electron chi connectivity index (χ2n) is 1.60. The Morgan fingerprint density at radius 1 is 1.75 bits per heavy atom. The Balaban J connectivity index is -0.000000180. The Hall–Kier alpha value is 1.24. The van der Waals surface area contributed by atoms with Crippen molar-refractivity contribution in [1.29, 1.82) is 0 Å². The molecule has 1 nitrogen and oxygen atoms in total. The molecule has 0 radical (unpaired) electrons. The van der Waals surface area contributed by atoms with Crippen LogP contribution < -0.4 is 34.9 Å². The SMILES string of the molecule is CC(C)NC(=S)S.[H-].[Na+]. The fourth-order valence-electron chi connectivity index (χ4n) is 0.247. The fraction of sp³-hybridized carbons (Fsp3) is 0.750. The minimum atomic E-state index is 0. The summed E-state index contributed by atoms with van der Waals surface area (Å²) in [6.07, 6.45) is 0. The Kier molecular flexibility index (Phi) is 9.52. The van der Waals surface area contributed by atoms with Gasteiger partial charge in [-0.05, 0) is 13.8 Å². The van der Waals surface area contributed by atoms with Crippen molar-refractivity contribution in [2.24, 2.45) is 0 Å². The molecule has 44 valence electrons. The molecule has 0 unspecified atom stereocenters. The zero-order valence-corrected chi connectivity index (χ0v) is 9.14. The summed E-state index contributed by atoms with van der Waals surface area (Å²) in [4.78, 5) is 0. The van der Waals surface area contributed by atoms with Gasteiger partial charge in [0, 0.05) is 6.04 Å². The van der Waals surface area contributed by atoms with Gasteiger partial charge in [0.1, 0.15) is 4.32 Å². The van der Waals surface area contributed by atoms with Crippen molar-refractivity contribution in [2.45, 2.75) is 19.9 Å². The molecule has 1 N–H and O–H groups in total. The molecule has 0 heterocycles. The van der Waals surface area contributed by atoms with Gasteiger partial charge in [0.05, 0.1) is 0 Å². The van der Waals surface area contributed by atoms with Crippen molar-refractivity contribution in [3.63, 3.8) is 0 Å². The van der Waals surface area contributed by atoms with Gasteiger partial charge in [0.25, 0.3) is 0 Å². The molecule has 0 aliphatic heterocycles. The largest absolute Gasteiger partial charge is 1.00 e. The molecule has 0 saturated heterocycles. The van der Waals surface area contributed by atoms with Gasteiger partial charge in [-0.3, -0.25) is 0 Å². The minimum Gasteiger partial charge on any atom is -1.00 e. The van der Waals surface area contributed by atoms with Crippen LogP contribution >= 0.6 is 24.8 Å². The number of nitrogens with one attached hydrogen (secondary N) is 1. The molecule has 4 heteroatoms. The number of hydrogen-bond donors (Lipinski definition) is 2. The summed E-state index contributed by atoms with van der Waals surface area (Å²) < 4.78 is 0.565. The molecule has 0 spiro atoms. The number of thiocarbonyl (C=S) groups is 1. The maximum Gasteiger partial charge on any atom is 1.00 e. The van der Waals surface area contributed by atoms with E-state index in [0.717, 1.165) is 0 Å². The molecule has 0 saturated carbocycles. The monoisotopic (exact) mass is 159 g/mol. The van der Waals surface area contributed by atoms with Gasteiger partial charge in [0.15, 0.2) is 0 Å². The van der Waals surface area contributed by atoms with Crippen LogP contribution in [0.4, 0.5) is 0 Å². The predicted octanol–water partition coefficient (Wildman–Crippen LogP) is -1.68. The standard InChI is InChI=1S/C4H9NS2.Na.H/c1-3(2)5-4(6)7;;/h3H,1-2H3,(H2,5,6,7);;/q;+1;-1. The van der Waals surface area contributed by atoms with E-state index in [-0.39, 0.29) is 31.0 Å². The minimum absolute atomic E-state index is 0. The van der Waals surface area contributed by atoms with Crippen molar-refractivity contribution in [3.05, 3.63) is 0 Å². The summed E-state index contributed by atoms with van der Waals surface area (Å²) in [7, 11) is 0. The molecular formula is C4H10NNaS2. The summed E-state index contributed by atoms with van der Waals surface area (Å²) in [6, 6.07) is 0.407. The molecule has 0 rings (SSSR count). The molecule has 0 amide bonds. The Labute approximate surface area is 84.8 Å². The molecule has 0 aliphatic rings. The van der Waals surface area contributed by atoms with E-state index in [4.69, 9.17) is 0 Å². The molecule has 0 atom stereocenters. The van der Waals surface area contributed by atoms with E-state index in [2.05, 4.69) is 30.2 Å². The molecule has 0 fully saturated rings. The van der Waals surface area contributed by atoms with E-state index in [0.29, 0.717) is 10.4 Å². The number of hydrogen-bond acceptors (Lipinski definition) is 1. The molecule has 0 aromatic rings. The van der Waals surface area contributed by atoms with Crippen LogP contribution in [-0.2, 0) is 0 Å². The maximum atomic E-state index is 4.62. The van der Waals surface area contributed by atoms with E-state index < -0.39 is 0 Å². The van der Waals surface area contributed by atoms with Crippen LogP contribution in [0.3, 0.4) is 0 Å². The Bertz CT molecular complexity index is 79.0. The van der Waals surface area contributed by atoms with Gasteiger partial charge < -0.3 is 6.74 Å². The summed E-state index contributed by atoms with van der Waals surface area (Å²) in [5.41, 5.74) is 0. The number of thiol groups is 1. The van der Waals surface area contributed by atoms with Crippen LogP contribution in [-0.4, -0.2) is 10.4 Å². The van der Waals surface area contributed by atoms with Crippen LogP contribution in [0.5, 0.6) is 0 Å². The van der Waals surface area contributed by atoms with Crippen molar-refractivity contribution >= 4 is 29.2 Å². The molecule has 0 aromatic heterocycles. The van der Waals surface area contributed by atoms with Crippen molar-refractivity contribution in [3.8, 4) is 0 Å². The molecule has 8 heavy (non-hydrogen) atoms. The zero-order valence-electron chi connectivity index (χ0n) is 6.43. The van der Waals surface area contributed by atoms with E-state index in [1.807, 2.05) is 13.8 Å². The van der Waals surface area contributed by atoms with Crippen LogP contribution in [0.15, 0.2) is 0 Å². The molecule has 0 aromatic carbocycles. The van der Waals surface area contributed by atoms with E-state index >= 15 is 0 Å². The first kappa shape index (κ1) is 12.0. The first-order valence-electron chi connectivity index (χ1n) is 2.12. The van der Waals surface area contributed by atoms with Gasteiger partial charge >= 0.3 is 29.6 Å². The van der Waals surface area contributed by atoms with Crippen LogP contribution in [0.1, 0.15) is 15.3 Å². The van der Waals surface area contributed by atoms with Crippen LogP contribution in [0.25, 0.3) is 0 Å². The van der Waals surface area contributed by atoms with E-state index in [1.165, 1.54) is 0 Å². The Morgan fingerprint density at radius 3 is 2.12 bits per heavy atom.